The van der Waals surface area contributed by atoms with Gasteiger partial charge in [0.25, 0.3) is 0 Å². The SMILES string of the molecule is C[C@H]1CC(Nc2ccc(Br)c(Cl)c2)c2ccsc2S1. The highest BCUT2D eigenvalue weighted by atomic mass is 79.9. The van der Waals surface area contributed by atoms with E-state index in [2.05, 4.69) is 45.7 Å². The number of hydrogen-bond donors (Lipinski definition) is 1. The minimum Gasteiger partial charge on any atom is -0.378 e. The summed E-state index contributed by atoms with van der Waals surface area (Å²) in [5.74, 6) is 0. The van der Waals surface area contributed by atoms with Gasteiger partial charge in [0.05, 0.1) is 15.3 Å². The molecule has 100 valence electrons. The molecule has 0 radical (unpaired) electrons. The Morgan fingerprint density at radius 2 is 2.21 bits per heavy atom. The molecule has 0 amide bonds. The molecule has 0 bridgehead atoms. The molecule has 2 heterocycles. The highest BCUT2D eigenvalue weighted by Crippen LogP contribution is 2.45. The van der Waals surface area contributed by atoms with E-state index in [0.29, 0.717) is 11.3 Å². The smallest absolute Gasteiger partial charge is 0.0653 e. The van der Waals surface area contributed by atoms with Gasteiger partial charge in [-0.1, -0.05) is 18.5 Å². The number of thiophene rings is 1. The molecule has 5 heteroatoms. The maximum Gasteiger partial charge on any atom is 0.0653 e. The van der Waals surface area contributed by atoms with E-state index < -0.39 is 0 Å². The summed E-state index contributed by atoms with van der Waals surface area (Å²) in [5.41, 5.74) is 2.50. The summed E-state index contributed by atoms with van der Waals surface area (Å²) in [6.45, 7) is 2.29. The summed E-state index contributed by atoms with van der Waals surface area (Å²) in [7, 11) is 0. The van der Waals surface area contributed by atoms with Crippen LogP contribution in [0.3, 0.4) is 0 Å². The molecule has 3 rings (SSSR count). The number of hydrogen-bond acceptors (Lipinski definition) is 3. The van der Waals surface area contributed by atoms with Crippen molar-refractivity contribution in [3.63, 3.8) is 0 Å². The molecular formula is C14H13BrClNS2. The number of anilines is 1. The lowest BCUT2D eigenvalue weighted by Gasteiger charge is -2.28. The number of nitrogens with one attached hydrogen (secondary N) is 1. The van der Waals surface area contributed by atoms with Crippen molar-refractivity contribution in [1.29, 1.82) is 0 Å². The Labute approximate surface area is 134 Å². The molecule has 0 aliphatic carbocycles. The van der Waals surface area contributed by atoms with Gasteiger partial charge in [-0.25, -0.2) is 0 Å². The maximum atomic E-state index is 6.15. The van der Waals surface area contributed by atoms with E-state index in [-0.39, 0.29) is 0 Å². The monoisotopic (exact) mass is 373 g/mol. The number of benzene rings is 1. The Morgan fingerprint density at radius 1 is 1.37 bits per heavy atom. The molecule has 19 heavy (non-hydrogen) atoms. The number of thioether (sulfide) groups is 1. The molecule has 0 saturated heterocycles. The van der Waals surface area contributed by atoms with Crippen molar-refractivity contribution in [2.24, 2.45) is 0 Å². The molecule has 1 aromatic heterocycles. The van der Waals surface area contributed by atoms with Gasteiger partial charge in [-0.3, -0.25) is 0 Å². The Hall–Kier alpha value is -0.160. The van der Waals surface area contributed by atoms with Crippen molar-refractivity contribution < 1.29 is 0 Å². The third kappa shape index (κ3) is 2.97. The van der Waals surface area contributed by atoms with E-state index in [0.717, 1.165) is 21.6 Å². The van der Waals surface area contributed by atoms with Gasteiger partial charge in [0, 0.05) is 15.4 Å². The first kappa shape index (κ1) is 13.8. The molecule has 1 aliphatic heterocycles. The van der Waals surface area contributed by atoms with Gasteiger partial charge < -0.3 is 5.32 Å². The maximum absolute atomic E-state index is 6.15. The average Bonchev–Trinajstić information content (AvgIpc) is 2.82. The first-order chi connectivity index (χ1) is 9.13. The quantitative estimate of drug-likeness (QED) is 0.671. The van der Waals surface area contributed by atoms with Crippen molar-refractivity contribution in [2.45, 2.75) is 28.8 Å². The second-order valence-corrected chi connectivity index (χ2v) is 8.54. The second kappa shape index (κ2) is 5.68. The van der Waals surface area contributed by atoms with Crippen molar-refractivity contribution >= 4 is 56.3 Å². The third-order valence-electron chi connectivity index (χ3n) is 3.17. The van der Waals surface area contributed by atoms with Crippen LogP contribution in [0.5, 0.6) is 0 Å². The van der Waals surface area contributed by atoms with Gasteiger partial charge in [-0.15, -0.1) is 23.1 Å². The molecule has 1 unspecified atom stereocenters. The van der Waals surface area contributed by atoms with Gasteiger partial charge >= 0.3 is 0 Å². The van der Waals surface area contributed by atoms with Crippen LogP contribution in [0.15, 0.2) is 38.3 Å². The number of halogens is 2. The van der Waals surface area contributed by atoms with Crippen LogP contribution in [0.25, 0.3) is 0 Å². The molecule has 1 aromatic carbocycles. The molecule has 0 spiro atoms. The summed E-state index contributed by atoms with van der Waals surface area (Å²) >= 11 is 13.4. The Balaban J connectivity index is 1.86. The van der Waals surface area contributed by atoms with Crippen molar-refractivity contribution in [3.05, 3.63) is 44.7 Å². The van der Waals surface area contributed by atoms with E-state index in [1.807, 2.05) is 35.2 Å². The van der Waals surface area contributed by atoms with Gasteiger partial charge in [-0.2, -0.15) is 0 Å². The van der Waals surface area contributed by atoms with Crippen LogP contribution >= 0.6 is 50.6 Å². The van der Waals surface area contributed by atoms with Crippen LogP contribution in [-0.4, -0.2) is 5.25 Å². The van der Waals surface area contributed by atoms with Crippen molar-refractivity contribution in [2.75, 3.05) is 5.32 Å². The summed E-state index contributed by atoms with van der Waals surface area (Å²) < 4.78 is 2.38. The predicted octanol–water partition coefficient (Wildman–Crippen LogP) is 6.20. The van der Waals surface area contributed by atoms with E-state index in [9.17, 15) is 0 Å². The van der Waals surface area contributed by atoms with Crippen LogP contribution in [-0.2, 0) is 0 Å². The van der Waals surface area contributed by atoms with E-state index in [4.69, 9.17) is 11.6 Å². The fraction of sp³-hybridized carbons (Fsp3) is 0.286. The third-order valence-corrected chi connectivity index (χ3v) is 6.75. The standard InChI is InChI=1S/C14H13BrClNS2/c1-8-6-13(10-4-5-18-14(10)19-8)17-9-2-3-11(15)12(16)7-9/h2-5,7-8,13,17H,6H2,1H3/t8-,13?/m0/s1. The minimum atomic E-state index is 0.384. The zero-order valence-corrected chi connectivity index (χ0v) is 14.3. The summed E-state index contributed by atoms with van der Waals surface area (Å²) in [6, 6.07) is 8.64. The van der Waals surface area contributed by atoms with E-state index in [1.165, 1.54) is 9.77 Å². The Bertz CT molecular complexity index is 599. The molecule has 1 aliphatic rings. The van der Waals surface area contributed by atoms with E-state index >= 15 is 0 Å². The lowest BCUT2D eigenvalue weighted by atomic mass is 10.0. The molecule has 0 fully saturated rings. The van der Waals surface area contributed by atoms with E-state index in [1.54, 1.807) is 0 Å². The zero-order valence-electron chi connectivity index (χ0n) is 10.3. The second-order valence-electron chi connectivity index (χ2n) is 4.65. The van der Waals surface area contributed by atoms with Crippen LogP contribution in [0.2, 0.25) is 5.02 Å². The highest BCUT2D eigenvalue weighted by molar-refractivity contribution is 9.10. The Morgan fingerprint density at radius 3 is 3.00 bits per heavy atom. The first-order valence-corrected chi connectivity index (χ1v) is 9.02. The predicted molar refractivity (Wildman–Crippen MR) is 89.8 cm³/mol. The minimum absolute atomic E-state index is 0.384. The summed E-state index contributed by atoms with van der Waals surface area (Å²) in [4.78, 5) is 0. The topological polar surface area (TPSA) is 12.0 Å². The fourth-order valence-corrected chi connectivity index (χ4v) is 5.27. The molecule has 0 saturated carbocycles. The molecule has 1 nitrogen and oxygen atoms in total. The molecule has 1 N–H and O–H groups in total. The first-order valence-electron chi connectivity index (χ1n) is 6.09. The number of rotatable bonds is 2. The summed E-state index contributed by atoms with van der Waals surface area (Å²) in [5, 5.41) is 7.18. The van der Waals surface area contributed by atoms with Crippen LogP contribution in [0.1, 0.15) is 24.9 Å². The lowest BCUT2D eigenvalue weighted by molar-refractivity contribution is 0.670. The van der Waals surface area contributed by atoms with Gasteiger partial charge in [0.15, 0.2) is 0 Å². The lowest BCUT2D eigenvalue weighted by Crippen LogP contribution is -2.18. The molecule has 2 atom stereocenters. The van der Waals surface area contributed by atoms with Gasteiger partial charge in [0.1, 0.15) is 0 Å². The van der Waals surface area contributed by atoms with Gasteiger partial charge in [-0.05, 0) is 57.6 Å². The van der Waals surface area contributed by atoms with Crippen LogP contribution in [0, 0.1) is 0 Å². The van der Waals surface area contributed by atoms with Crippen molar-refractivity contribution in [3.8, 4) is 0 Å². The normalized spacial score (nSPS) is 22.1. The van der Waals surface area contributed by atoms with Crippen LogP contribution < -0.4 is 5.32 Å². The average molecular weight is 375 g/mol. The molecule has 2 aromatic rings. The van der Waals surface area contributed by atoms with Crippen LogP contribution in [0.4, 0.5) is 5.69 Å². The highest BCUT2D eigenvalue weighted by Gasteiger charge is 2.26. The van der Waals surface area contributed by atoms with Crippen molar-refractivity contribution in [1.82, 2.24) is 0 Å². The molecular weight excluding hydrogens is 362 g/mol. The summed E-state index contributed by atoms with van der Waals surface area (Å²) in [6.07, 6.45) is 1.14. The van der Waals surface area contributed by atoms with Gasteiger partial charge in [0.2, 0.25) is 0 Å². The fourth-order valence-electron chi connectivity index (χ4n) is 2.27. The zero-order chi connectivity index (χ0) is 13.4. The largest absolute Gasteiger partial charge is 0.378 e. The Kier molecular flexibility index (Phi) is 4.13. The number of fused-ring (bicyclic) bond motifs is 1.